The van der Waals surface area contributed by atoms with Crippen molar-refractivity contribution >= 4 is 11.6 Å². The van der Waals surface area contributed by atoms with E-state index in [9.17, 15) is 0 Å². The molecule has 1 unspecified atom stereocenters. The number of benzene rings is 1. The molecule has 0 aliphatic rings. The van der Waals surface area contributed by atoms with Gasteiger partial charge in [-0.15, -0.1) is 0 Å². The van der Waals surface area contributed by atoms with Crippen molar-refractivity contribution in [3.05, 3.63) is 34.3 Å². The van der Waals surface area contributed by atoms with E-state index in [-0.39, 0.29) is 0 Å². The summed E-state index contributed by atoms with van der Waals surface area (Å²) in [5.41, 5.74) is 8.65. The maximum Gasteiger partial charge on any atom is 0.0473 e. The third kappa shape index (κ3) is 5.08. The first kappa shape index (κ1) is 17.5. The topological polar surface area (TPSA) is 29.3 Å². The van der Waals surface area contributed by atoms with Gasteiger partial charge in [-0.05, 0) is 56.1 Å². The molecule has 0 aliphatic carbocycles. The highest BCUT2D eigenvalue weighted by Gasteiger charge is 2.19. The van der Waals surface area contributed by atoms with Crippen molar-refractivity contribution in [3.8, 4) is 0 Å². The van der Waals surface area contributed by atoms with Crippen LogP contribution >= 0.6 is 11.6 Å². The van der Waals surface area contributed by atoms with Gasteiger partial charge in [-0.25, -0.2) is 0 Å². The predicted octanol–water partition coefficient (Wildman–Crippen LogP) is 4.55. The average Bonchev–Trinajstić information content (AvgIpc) is 2.43. The summed E-state index contributed by atoms with van der Waals surface area (Å²) in [4.78, 5) is 2.54. The van der Waals surface area contributed by atoms with Gasteiger partial charge >= 0.3 is 0 Å². The van der Waals surface area contributed by atoms with Gasteiger partial charge < -0.3 is 5.73 Å². The second-order valence-electron chi connectivity index (χ2n) is 5.50. The molecule has 2 nitrogen and oxygen atoms in total. The second kappa shape index (κ2) is 9.38. The Kier molecular flexibility index (Phi) is 8.20. The van der Waals surface area contributed by atoms with E-state index in [4.69, 9.17) is 17.3 Å². The van der Waals surface area contributed by atoms with Gasteiger partial charge in [-0.2, -0.15) is 0 Å². The van der Waals surface area contributed by atoms with Crippen LogP contribution in [-0.4, -0.2) is 24.5 Å². The minimum Gasteiger partial charge on any atom is -0.329 e. The third-order valence-electron chi connectivity index (χ3n) is 3.85. The Morgan fingerprint density at radius 2 is 1.75 bits per heavy atom. The smallest absolute Gasteiger partial charge is 0.0473 e. The first-order valence-electron chi connectivity index (χ1n) is 7.84. The lowest BCUT2D eigenvalue weighted by molar-refractivity contribution is 0.195. The Labute approximate surface area is 129 Å². The molecule has 0 saturated heterocycles. The average molecular weight is 297 g/mol. The lowest BCUT2D eigenvalue weighted by Gasteiger charge is -2.32. The summed E-state index contributed by atoms with van der Waals surface area (Å²) in [6.07, 6.45) is 4.90. The standard InChI is InChI=1S/C17H29ClN2/c1-4-6-10-20(11-7-5-2)17(13-19)16-9-8-15(18)12-14(16)3/h8-9,12,17H,4-7,10-11,13,19H2,1-3H3. The normalized spacial score (nSPS) is 12.9. The van der Waals surface area contributed by atoms with Crippen molar-refractivity contribution in [1.82, 2.24) is 4.90 Å². The summed E-state index contributed by atoms with van der Waals surface area (Å²) >= 11 is 6.07. The number of aryl methyl sites for hydroxylation is 1. The zero-order valence-electron chi connectivity index (χ0n) is 13.2. The van der Waals surface area contributed by atoms with Gasteiger partial charge in [0.1, 0.15) is 0 Å². The fraction of sp³-hybridized carbons (Fsp3) is 0.647. The summed E-state index contributed by atoms with van der Waals surface area (Å²) in [5.74, 6) is 0. The highest BCUT2D eigenvalue weighted by atomic mass is 35.5. The zero-order chi connectivity index (χ0) is 15.0. The van der Waals surface area contributed by atoms with E-state index in [1.807, 2.05) is 12.1 Å². The van der Waals surface area contributed by atoms with Crippen LogP contribution in [0, 0.1) is 6.92 Å². The summed E-state index contributed by atoms with van der Waals surface area (Å²) < 4.78 is 0. The molecule has 1 atom stereocenters. The molecule has 2 N–H and O–H groups in total. The van der Waals surface area contributed by atoms with Crippen LogP contribution in [0.15, 0.2) is 18.2 Å². The van der Waals surface area contributed by atoms with Gasteiger partial charge in [0.15, 0.2) is 0 Å². The SMILES string of the molecule is CCCCN(CCCC)C(CN)c1ccc(Cl)cc1C. The quantitative estimate of drug-likeness (QED) is 0.724. The van der Waals surface area contributed by atoms with Gasteiger partial charge in [0.2, 0.25) is 0 Å². The van der Waals surface area contributed by atoms with Gasteiger partial charge in [-0.3, -0.25) is 4.90 Å². The summed E-state index contributed by atoms with van der Waals surface area (Å²) in [7, 11) is 0. The second-order valence-corrected chi connectivity index (χ2v) is 5.93. The highest BCUT2D eigenvalue weighted by molar-refractivity contribution is 6.30. The largest absolute Gasteiger partial charge is 0.329 e. The van der Waals surface area contributed by atoms with E-state index < -0.39 is 0 Å². The number of hydrogen-bond donors (Lipinski definition) is 1. The fourth-order valence-corrected chi connectivity index (χ4v) is 2.86. The van der Waals surface area contributed by atoms with Crippen molar-refractivity contribution < 1.29 is 0 Å². The number of halogens is 1. The molecule has 1 rings (SSSR count). The molecular weight excluding hydrogens is 268 g/mol. The van der Waals surface area contributed by atoms with Crippen molar-refractivity contribution in [2.45, 2.75) is 52.5 Å². The van der Waals surface area contributed by atoms with Crippen molar-refractivity contribution in [1.29, 1.82) is 0 Å². The van der Waals surface area contributed by atoms with Crippen LogP contribution in [0.3, 0.4) is 0 Å². The van der Waals surface area contributed by atoms with E-state index in [2.05, 4.69) is 31.7 Å². The van der Waals surface area contributed by atoms with Crippen molar-refractivity contribution in [3.63, 3.8) is 0 Å². The molecule has 0 bridgehead atoms. The Morgan fingerprint density at radius 1 is 1.15 bits per heavy atom. The predicted molar refractivity (Wildman–Crippen MR) is 89.4 cm³/mol. The number of unbranched alkanes of at least 4 members (excludes halogenated alkanes) is 2. The van der Waals surface area contributed by atoms with Crippen LogP contribution < -0.4 is 5.73 Å². The first-order chi connectivity index (χ1) is 9.63. The first-order valence-corrected chi connectivity index (χ1v) is 8.22. The molecule has 0 aromatic heterocycles. The Hall–Kier alpha value is -0.570. The Balaban J connectivity index is 2.92. The van der Waals surface area contributed by atoms with Crippen LogP contribution in [0.2, 0.25) is 5.02 Å². The van der Waals surface area contributed by atoms with Crippen LogP contribution in [0.1, 0.15) is 56.7 Å². The maximum atomic E-state index is 6.08. The van der Waals surface area contributed by atoms with Crippen LogP contribution in [-0.2, 0) is 0 Å². The molecule has 1 aromatic rings. The zero-order valence-corrected chi connectivity index (χ0v) is 13.9. The summed E-state index contributed by atoms with van der Waals surface area (Å²) in [6.45, 7) is 9.52. The molecule has 0 radical (unpaired) electrons. The number of rotatable bonds is 9. The monoisotopic (exact) mass is 296 g/mol. The summed E-state index contributed by atoms with van der Waals surface area (Å²) in [6, 6.07) is 6.47. The number of nitrogens with two attached hydrogens (primary N) is 1. The molecular formula is C17H29ClN2. The molecule has 0 amide bonds. The lowest BCUT2D eigenvalue weighted by atomic mass is 9.99. The maximum absolute atomic E-state index is 6.08. The molecule has 3 heteroatoms. The van der Waals surface area contributed by atoms with Crippen LogP contribution in [0.4, 0.5) is 0 Å². The lowest BCUT2D eigenvalue weighted by Crippen LogP contribution is -2.35. The van der Waals surface area contributed by atoms with E-state index in [1.54, 1.807) is 0 Å². The molecule has 0 aliphatic heterocycles. The number of nitrogens with zero attached hydrogens (tertiary/aromatic N) is 1. The summed E-state index contributed by atoms with van der Waals surface area (Å²) in [5, 5.41) is 0.802. The van der Waals surface area contributed by atoms with E-state index >= 15 is 0 Å². The Morgan fingerprint density at radius 3 is 2.20 bits per heavy atom. The van der Waals surface area contributed by atoms with Gasteiger partial charge in [0.05, 0.1) is 0 Å². The van der Waals surface area contributed by atoms with Gasteiger partial charge in [-0.1, -0.05) is 44.4 Å². The third-order valence-corrected chi connectivity index (χ3v) is 4.09. The molecule has 1 aromatic carbocycles. The molecule has 0 heterocycles. The molecule has 20 heavy (non-hydrogen) atoms. The van der Waals surface area contributed by atoms with Gasteiger partial charge in [0, 0.05) is 17.6 Å². The van der Waals surface area contributed by atoms with E-state index in [0.717, 1.165) is 18.1 Å². The Bertz CT molecular complexity index is 385. The van der Waals surface area contributed by atoms with Crippen LogP contribution in [0.25, 0.3) is 0 Å². The molecule has 0 spiro atoms. The van der Waals surface area contributed by atoms with Gasteiger partial charge in [0.25, 0.3) is 0 Å². The number of hydrogen-bond acceptors (Lipinski definition) is 2. The minimum atomic E-state index is 0.311. The van der Waals surface area contributed by atoms with E-state index in [0.29, 0.717) is 12.6 Å². The highest BCUT2D eigenvalue weighted by Crippen LogP contribution is 2.26. The molecule has 0 fully saturated rings. The van der Waals surface area contributed by atoms with Crippen molar-refractivity contribution in [2.24, 2.45) is 5.73 Å². The molecule has 0 saturated carbocycles. The molecule has 114 valence electrons. The van der Waals surface area contributed by atoms with Crippen molar-refractivity contribution in [2.75, 3.05) is 19.6 Å². The van der Waals surface area contributed by atoms with Crippen LogP contribution in [0.5, 0.6) is 0 Å². The fourth-order valence-electron chi connectivity index (χ4n) is 2.63. The van der Waals surface area contributed by atoms with E-state index in [1.165, 1.54) is 36.8 Å². The minimum absolute atomic E-state index is 0.311.